The second-order valence-corrected chi connectivity index (χ2v) is 5.56. The third kappa shape index (κ3) is 2.32. The van der Waals surface area contributed by atoms with Gasteiger partial charge in [-0.05, 0) is 42.0 Å². The summed E-state index contributed by atoms with van der Waals surface area (Å²) in [6, 6.07) is 6.61. The monoisotopic (exact) mass is 233 g/mol. The van der Waals surface area contributed by atoms with Gasteiger partial charge in [-0.25, -0.2) is 0 Å². The zero-order valence-electron chi connectivity index (χ0n) is 11.1. The van der Waals surface area contributed by atoms with E-state index < -0.39 is 0 Å². The van der Waals surface area contributed by atoms with Gasteiger partial charge in [0.25, 0.3) is 0 Å². The molecule has 1 atom stereocenters. The molecule has 2 heteroatoms. The number of ether oxygens (including phenoxy) is 1. The van der Waals surface area contributed by atoms with Gasteiger partial charge in [0, 0.05) is 5.92 Å². The van der Waals surface area contributed by atoms with Crippen LogP contribution in [0.4, 0.5) is 0 Å². The van der Waals surface area contributed by atoms with Crippen molar-refractivity contribution in [3.8, 4) is 5.75 Å². The number of hydrogen-bond acceptors (Lipinski definition) is 2. The summed E-state index contributed by atoms with van der Waals surface area (Å²) < 4.78 is 5.70. The van der Waals surface area contributed by atoms with E-state index in [1.807, 2.05) is 0 Å². The van der Waals surface area contributed by atoms with Crippen molar-refractivity contribution < 1.29 is 4.74 Å². The van der Waals surface area contributed by atoms with Crippen LogP contribution in [0.15, 0.2) is 18.2 Å². The van der Waals surface area contributed by atoms with Gasteiger partial charge in [-0.2, -0.15) is 0 Å². The van der Waals surface area contributed by atoms with E-state index in [1.165, 1.54) is 11.1 Å². The molecule has 0 spiro atoms. The SMILES string of the molecule is CCC(C)(C)c1ccc2c(c1)C(CN)CCO2. The molecule has 1 aliphatic heterocycles. The average molecular weight is 233 g/mol. The van der Waals surface area contributed by atoms with Gasteiger partial charge in [0.05, 0.1) is 6.61 Å². The predicted molar refractivity (Wildman–Crippen MR) is 71.7 cm³/mol. The topological polar surface area (TPSA) is 35.2 Å². The molecule has 2 rings (SSSR count). The standard InChI is InChI=1S/C15H23NO/c1-4-15(2,3)12-5-6-14-13(9-12)11(10-16)7-8-17-14/h5-6,9,11H,4,7-8,10,16H2,1-3H3. The van der Waals surface area contributed by atoms with Crippen LogP contribution in [0.25, 0.3) is 0 Å². The quantitative estimate of drug-likeness (QED) is 0.870. The first-order valence-corrected chi connectivity index (χ1v) is 6.55. The Morgan fingerprint density at radius 1 is 1.41 bits per heavy atom. The molecule has 94 valence electrons. The van der Waals surface area contributed by atoms with Gasteiger partial charge >= 0.3 is 0 Å². The molecule has 0 amide bonds. The Balaban J connectivity index is 2.41. The Morgan fingerprint density at radius 3 is 2.82 bits per heavy atom. The van der Waals surface area contributed by atoms with Crippen molar-refractivity contribution in [2.75, 3.05) is 13.2 Å². The van der Waals surface area contributed by atoms with Gasteiger partial charge in [0.1, 0.15) is 5.75 Å². The Kier molecular flexibility index (Phi) is 3.43. The summed E-state index contributed by atoms with van der Waals surface area (Å²) in [7, 11) is 0. The Labute approximate surface area is 104 Å². The molecule has 0 saturated carbocycles. The van der Waals surface area contributed by atoms with Crippen LogP contribution in [0.2, 0.25) is 0 Å². The molecule has 0 fully saturated rings. The van der Waals surface area contributed by atoms with Crippen molar-refractivity contribution in [1.29, 1.82) is 0 Å². The minimum Gasteiger partial charge on any atom is -0.493 e. The molecule has 2 N–H and O–H groups in total. The first-order valence-electron chi connectivity index (χ1n) is 6.55. The molecule has 1 unspecified atom stereocenters. The largest absolute Gasteiger partial charge is 0.493 e. The third-order valence-corrected chi connectivity index (χ3v) is 4.12. The lowest BCUT2D eigenvalue weighted by atomic mass is 9.80. The van der Waals surface area contributed by atoms with Crippen molar-refractivity contribution in [3.63, 3.8) is 0 Å². The molecule has 17 heavy (non-hydrogen) atoms. The van der Waals surface area contributed by atoms with E-state index in [9.17, 15) is 0 Å². The summed E-state index contributed by atoms with van der Waals surface area (Å²) in [5.74, 6) is 1.49. The van der Waals surface area contributed by atoms with Gasteiger partial charge < -0.3 is 10.5 Å². The van der Waals surface area contributed by atoms with Crippen molar-refractivity contribution in [1.82, 2.24) is 0 Å². The van der Waals surface area contributed by atoms with E-state index in [1.54, 1.807) is 0 Å². The first kappa shape index (κ1) is 12.4. The highest BCUT2D eigenvalue weighted by Gasteiger charge is 2.24. The van der Waals surface area contributed by atoms with Gasteiger partial charge in [-0.3, -0.25) is 0 Å². The summed E-state index contributed by atoms with van der Waals surface area (Å²) in [6.07, 6.45) is 2.18. The summed E-state index contributed by atoms with van der Waals surface area (Å²) in [6.45, 7) is 8.32. The summed E-state index contributed by atoms with van der Waals surface area (Å²) >= 11 is 0. The maximum atomic E-state index is 5.85. The zero-order valence-corrected chi connectivity index (χ0v) is 11.1. The molecule has 0 aromatic heterocycles. The third-order valence-electron chi connectivity index (χ3n) is 4.12. The Bertz CT molecular complexity index is 398. The molecule has 1 heterocycles. The van der Waals surface area contributed by atoms with Crippen molar-refractivity contribution in [3.05, 3.63) is 29.3 Å². The second kappa shape index (κ2) is 4.69. The highest BCUT2D eigenvalue weighted by Crippen LogP contribution is 2.37. The number of fused-ring (bicyclic) bond motifs is 1. The van der Waals surface area contributed by atoms with E-state index in [0.717, 1.165) is 25.2 Å². The van der Waals surface area contributed by atoms with Crippen LogP contribution in [0, 0.1) is 0 Å². The number of hydrogen-bond donors (Lipinski definition) is 1. The lowest BCUT2D eigenvalue weighted by Crippen LogP contribution is -2.23. The van der Waals surface area contributed by atoms with Crippen LogP contribution in [0.3, 0.4) is 0 Å². The highest BCUT2D eigenvalue weighted by molar-refractivity contribution is 5.43. The average Bonchev–Trinajstić information content (AvgIpc) is 2.37. The Hall–Kier alpha value is -1.02. The molecule has 1 aromatic carbocycles. The van der Waals surface area contributed by atoms with Crippen LogP contribution < -0.4 is 10.5 Å². The normalized spacial score (nSPS) is 19.6. The molecule has 0 radical (unpaired) electrons. The fraction of sp³-hybridized carbons (Fsp3) is 0.600. The molecular formula is C15H23NO. The van der Waals surface area contributed by atoms with Crippen LogP contribution >= 0.6 is 0 Å². The Morgan fingerprint density at radius 2 is 2.18 bits per heavy atom. The van der Waals surface area contributed by atoms with Crippen LogP contribution in [-0.4, -0.2) is 13.2 Å². The molecule has 0 bridgehead atoms. The van der Waals surface area contributed by atoms with E-state index in [-0.39, 0.29) is 5.41 Å². The molecule has 0 saturated heterocycles. The van der Waals surface area contributed by atoms with Gasteiger partial charge in [0.2, 0.25) is 0 Å². The van der Waals surface area contributed by atoms with Crippen molar-refractivity contribution in [2.45, 2.75) is 44.9 Å². The summed E-state index contributed by atoms with van der Waals surface area (Å²) in [4.78, 5) is 0. The minimum atomic E-state index is 0.228. The first-order chi connectivity index (χ1) is 8.08. The maximum Gasteiger partial charge on any atom is 0.122 e. The van der Waals surface area contributed by atoms with E-state index in [0.29, 0.717) is 12.5 Å². The summed E-state index contributed by atoms with van der Waals surface area (Å²) in [5.41, 5.74) is 8.78. The number of rotatable bonds is 3. The van der Waals surface area contributed by atoms with E-state index >= 15 is 0 Å². The maximum absolute atomic E-state index is 5.85. The van der Waals surface area contributed by atoms with Gasteiger partial charge in [0.15, 0.2) is 0 Å². The molecular weight excluding hydrogens is 210 g/mol. The highest BCUT2D eigenvalue weighted by atomic mass is 16.5. The smallest absolute Gasteiger partial charge is 0.122 e. The van der Waals surface area contributed by atoms with Crippen LogP contribution in [0.1, 0.15) is 50.7 Å². The molecule has 2 nitrogen and oxygen atoms in total. The van der Waals surface area contributed by atoms with Crippen LogP contribution in [-0.2, 0) is 5.41 Å². The molecule has 1 aromatic rings. The minimum absolute atomic E-state index is 0.228. The van der Waals surface area contributed by atoms with E-state index in [2.05, 4.69) is 39.0 Å². The molecule has 0 aliphatic carbocycles. The van der Waals surface area contributed by atoms with Crippen molar-refractivity contribution in [2.24, 2.45) is 5.73 Å². The predicted octanol–water partition coefficient (Wildman–Crippen LogP) is 3.20. The number of nitrogens with two attached hydrogens (primary N) is 1. The van der Waals surface area contributed by atoms with Crippen LogP contribution in [0.5, 0.6) is 5.75 Å². The fourth-order valence-electron chi connectivity index (χ4n) is 2.34. The lowest BCUT2D eigenvalue weighted by molar-refractivity contribution is 0.268. The molecule has 1 aliphatic rings. The number of benzene rings is 1. The summed E-state index contributed by atoms with van der Waals surface area (Å²) in [5, 5.41) is 0. The zero-order chi connectivity index (χ0) is 12.5. The van der Waals surface area contributed by atoms with Gasteiger partial charge in [-0.15, -0.1) is 0 Å². The lowest BCUT2D eigenvalue weighted by Gasteiger charge is -2.29. The van der Waals surface area contributed by atoms with E-state index in [4.69, 9.17) is 10.5 Å². The second-order valence-electron chi connectivity index (χ2n) is 5.56. The fourth-order valence-corrected chi connectivity index (χ4v) is 2.34. The van der Waals surface area contributed by atoms with Gasteiger partial charge in [-0.1, -0.05) is 32.9 Å². The van der Waals surface area contributed by atoms with Crippen molar-refractivity contribution >= 4 is 0 Å².